The number of aromatic nitrogens is 2. The van der Waals surface area contributed by atoms with Crippen LogP contribution in [0.3, 0.4) is 0 Å². The number of nitrogens with zero attached hydrogens (tertiary/aromatic N) is 1. The highest BCUT2D eigenvalue weighted by Crippen LogP contribution is 2.23. The Hall–Kier alpha value is -2.34. The molecule has 2 rings (SSSR count). The van der Waals surface area contributed by atoms with Gasteiger partial charge in [-0.1, -0.05) is 0 Å². The highest BCUT2D eigenvalue weighted by Gasteiger charge is 2.12. The normalized spacial score (nSPS) is 10.3. The number of ether oxygens (including phenoxy) is 1. The summed E-state index contributed by atoms with van der Waals surface area (Å²) in [5.41, 5.74) is 2.43. The number of aliphatic hydroxyl groups is 1. The van der Waals surface area contributed by atoms with E-state index in [1.165, 1.54) is 6.20 Å². The second-order valence-electron chi connectivity index (χ2n) is 4.28. The summed E-state index contributed by atoms with van der Waals surface area (Å²) >= 11 is 0. The number of anilines is 1. The zero-order valence-electron chi connectivity index (χ0n) is 11.4. The maximum absolute atomic E-state index is 12.0. The van der Waals surface area contributed by atoms with Crippen LogP contribution in [0.4, 0.5) is 5.69 Å². The van der Waals surface area contributed by atoms with Gasteiger partial charge in [0, 0.05) is 16.9 Å². The Morgan fingerprint density at radius 3 is 2.90 bits per heavy atom. The van der Waals surface area contributed by atoms with E-state index in [2.05, 4.69) is 15.5 Å². The van der Waals surface area contributed by atoms with Crippen LogP contribution in [0.5, 0.6) is 5.75 Å². The zero-order chi connectivity index (χ0) is 14.5. The molecular formula is C14H17N3O3. The maximum atomic E-state index is 12.0. The molecule has 20 heavy (non-hydrogen) atoms. The molecule has 0 bridgehead atoms. The molecule has 3 N–H and O–H groups in total. The zero-order valence-corrected chi connectivity index (χ0v) is 11.4. The van der Waals surface area contributed by atoms with E-state index >= 15 is 0 Å². The highest BCUT2D eigenvalue weighted by atomic mass is 16.5. The first-order valence-electron chi connectivity index (χ1n) is 6.33. The summed E-state index contributed by atoms with van der Waals surface area (Å²) in [4.78, 5) is 12.0. The van der Waals surface area contributed by atoms with Crippen LogP contribution in [-0.2, 0) is 6.61 Å². The number of aromatic amines is 1. The van der Waals surface area contributed by atoms with E-state index in [9.17, 15) is 9.90 Å². The third-order valence-electron chi connectivity index (χ3n) is 2.86. The first-order chi connectivity index (χ1) is 9.65. The summed E-state index contributed by atoms with van der Waals surface area (Å²) < 4.78 is 5.39. The first kappa shape index (κ1) is 14.1. The largest absolute Gasteiger partial charge is 0.494 e. The number of aliphatic hydroxyl groups excluding tert-OH is 1. The molecule has 2 aromatic rings. The lowest BCUT2D eigenvalue weighted by molar-refractivity contribution is 0.102. The summed E-state index contributed by atoms with van der Waals surface area (Å²) in [6.45, 7) is 4.02. The average molecular weight is 275 g/mol. The molecule has 1 amide bonds. The number of hydrogen-bond donors (Lipinski definition) is 3. The van der Waals surface area contributed by atoms with Crippen molar-refractivity contribution < 1.29 is 14.6 Å². The van der Waals surface area contributed by atoms with E-state index < -0.39 is 0 Å². The molecule has 0 fully saturated rings. The number of amides is 1. The molecule has 1 heterocycles. The summed E-state index contributed by atoms with van der Waals surface area (Å²) in [5.74, 6) is 0.372. The van der Waals surface area contributed by atoms with Crippen molar-refractivity contribution in [2.24, 2.45) is 0 Å². The van der Waals surface area contributed by atoms with Gasteiger partial charge >= 0.3 is 0 Å². The van der Waals surface area contributed by atoms with Crippen LogP contribution >= 0.6 is 0 Å². The minimum Gasteiger partial charge on any atom is -0.494 e. The van der Waals surface area contributed by atoms with Gasteiger partial charge in [-0.15, -0.1) is 0 Å². The fraction of sp³-hybridized carbons (Fsp3) is 0.286. The summed E-state index contributed by atoms with van der Waals surface area (Å²) in [5, 5.41) is 18.6. The molecule has 0 saturated heterocycles. The molecule has 1 aromatic carbocycles. The van der Waals surface area contributed by atoms with Crippen molar-refractivity contribution in [2.45, 2.75) is 20.5 Å². The third kappa shape index (κ3) is 2.97. The lowest BCUT2D eigenvalue weighted by Crippen LogP contribution is -2.12. The van der Waals surface area contributed by atoms with Gasteiger partial charge in [-0.25, -0.2) is 0 Å². The number of H-pyrrole nitrogens is 1. The molecule has 0 radical (unpaired) electrons. The lowest BCUT2D eigenvalue weighted by atomic mass is 10.1. The molecule has 0 spiro atoms. The molecular weight excluding hydrogens is 258 g/mol. The predicted octanol–water partition coefficient (Wildman–Crippen LogP) is 1.86. The van der Waals surface area contributed by atoms with Crippen LogP contribution in [0.15, 0.2) is 24.4 Å². The average Bonchev–Trinajstić information content (AvgIpc) is 2.87. The first-order valence-corrected chi connectivity index (χ1v) is 6.33. The van der Waals surface area contributed by atoms with Gasteiger partial charge in [0.25, 0.3) is 5.91 Å². The minimum atomic E-state index is -0.246. The minimum absolute atomic E-state index is 0.149. The van der Waals surface area contributed by atoms with E-state index in [0.717, 1.165) is 0 Å². The van der Waals surface area contributed by atoms with Crippen molar-refractivity contribution in [1.29, 1.82) is 0 Å². The summed E-state index contributed by atoms with van der Waals surface area (Å²) in [6.07, 6.45) is 1.48. The number of aryl methyl sites for hydroxylation is 1. The molecule has 1 aromatic heterocycles. The topological polar surface area (TPSA) is 87.2 Å². The second-order valence-corrected chi connectivity index (χ2v) is 4.28. The Labute approximate surface area is 116 Å². The van der Waals surface area contributed by atoms with Crippen LogP contribution in [0.1, 0.15) is 28.5 Å². The SMILES string of the molecule is CCOc1ccc(NC(=O)c2cn[nH]c2C)cc1CO. The number of carbonyl (C=O) groups excluding carboxylic acids is 1. The van der Waals surface area contributed by atoms with E-state index in [0.29, 0.717) is 34.9 Å². The van der Waals surface area contributed by atoms with E-state index in [-0.39, 0.29) is 12.5 Å². The standard InChI is InChI=1S/C14H17N3O3/c1-3-20-13-5-4-11(6-10(13)8-18)16-14(19)12-7-15-17-9(12)2/h4-7,18H,3,8H2,1-2H3,(H,15,17)(H,16,19). The van der Waals surface area contributed by atoms with Crippen LogP contribution in [0.2, 0.25) is 0 Å². The van der Waals surface area contributed by atoms with Crippen LogP contribution in [0.25, 0.3) is 0 Å². The van der Waals surface area contributed by atoms with E-state index in [4.69, 9.17) is 4.74 Å². The smallest absolute Gasteiger partial charge is 0.259 e. The summed E-state index contributed by atoms with van der Waals surface area (Å²) in [6, 6.07) is 5.16. The third-order valence-corrected chi connectivity index (χ3v) is 2.86. The van der Waals surface area contributed by atoms with Crippen molar-refractivity contribution in [3.63, 3.8) is 0 Å². The van der Waals surface area contributed by atoms with Crippen molar-refractivity contribution in [1.82, 2.24) is 10.2 Å². The molecule has 6 heteroatoms. The van der Waals surface area contributed by atoms with Crippen molar-refractivity contribution >= 4 is 11.6 Å². The summed E-state index contributed by atoms with van der Waals surface area (Å²) in [7, 11) is 0. The Balaban J connectivity index is 2.18. The van der Waals surface area contributed by atoms with Gasteiger partial charge in [0.2, 0.25) is 0 Å². The fourth-order valence-corrected chi connectivity index (χ4v) is 1.86. The number of nitrogens with one attached hydrogen (secondary N) is 2. The van der Waals surface area contributed by atoms with Gasteiger partial charge in [0.15, 0.2) is 0 Å². The van der Waals surface area contributed by atoms with Gasteiger partial charge in [-0.3, -0.25) is 9.89 Å². The number of carbonyl (C=O) groups is 1. The lowest BCUT2D eigenvalue weighted by Gasteiger charge is -2.11. The number of benzene rings is 1. The van der Waals surface area contributed by atoms with Gasteiger partial charge in [0.05, 0.1) is 25.0 Å². The quantitative estimate of drug-likeness (QED) is 0.777. The van der Waals surface area contributed by atoms with Gasteiger partial charge in [0.1, 0.15) is 5.75 Å². The highest BCUT2D eigenvalue weighted by molar-refractivity contribution is 6.04. The van der Waals surface area contributed by atoms with Gasteiger partial charge in [-0.2, -0.15) is 5.10 Å². The molecule has 106 valence electrons. The molecule has 0 aliphatic rings. The van der Waals surface area contributed by atoms with Crippen LogP contribution < -0.4 is 10.1 Å². The number of rotatable bonds is 5. The van der Waals surface area contributed by atoms with Crippen molar-refractivity contribution in [3.05, 3.63) is 41.2 Å². The maximum Gasteiger partial charge on any atom is 0.259 e. The molecule has 0 unspecified atom stereocenters. The van der Waals surface area contributed by atoms with E-state index in [1.807, 2.05) is 6.92 Å². The Morgan fingerprint density at radius 1 is 1.50 bits per heavy atom. The van der Waals surface area contributed by atoms with Crippen LogP contribution in [0, 0.1) is 6.92 Å². The van der Waals surface area contributed by atoms with Gasteiger partial charge < -0.3 is 15.2 Å². The molecule has 0 aliphatic carbocycles. The van der Waals surface area contributed by atoms with Crippen molar-refractivity contribution in [2.75, 3.05) is 11.9 Å². The Bertz CT molecular complexity index is 607. The van der Waals surface area contributed by atoms with Crippen LogP contribution in [-0.4, -0.2) is 27.8 Å². The second kappa shape index (κ2) is 6.21. The fourth-order valence-electron chi connectivity index (χ4n) is 1.86. The Kier molecular flexibility index (Phi) is 4.37. The molecule has 0 atom stereocenters. The van der Waals surface area contributed by atoms with E-state index in [1.54, 1.807) is 25.1 Å². The molecule has 6 nitrogen and oxygen atoms in total. The van der Waals surface area contributed by atoms with Gasteiger partial charge in [-0.05, 0) is 32.0 Å². The number of hydrogen-bond acceptors (Lipinski definition) is 4. The predicted molar refractivity (Wildman–Crippen MR) is 74.8 cm³/mol. The monoisotopic (exact) mass is 275 g/mol. The Morgan fingerprint density at radius 2 is 2.30 bits per heavy atom. The molecule has 0 aliphatic heterocycles. The van der Waals surface area contributed by atoms with Crippen molar-refractivity contribution in [3.8, 4) is 5.75 Å². The molecule has 0 saturated carbocycles.